The molecule has 2 aromatic carbocycles. The number of rotatable bonds is 7. The van der Waals surface area contributed by atoms with E-state index in [0.29, 0.717) is 11.6 Å². The Balaban J connectivity index is 1.35. The van der Waals surface area contributed by atoms with Crippen molar-refractivity contribution < 1.29 is 13.2 Å². The largest absolute Gasteiger partial charge is 0.349 e. The summed E-state index contributed by atoms with van der Waals surface area (Å²) in [6.07, 6.45) is 4.84. The minimum atomic E-state index is -3.87. The third kappa shape index (κ3) is 6.15. The summed E-state index contributed by atoms with van der Waals surface area (Å²) in [4.78, 5) is 13.7. The Morgan fingerprint density at radius 2 is 1.90 bits per heavy atom. The average Bonchev–Trinajstić information content (AvgIpc) is 3.38. The van der Waals surface area contributed by atoms with Gasteiger partial charge >= 0.3 is 0 Å². The van der Waals surface area contributed by atoms with E-state index in [1.165, 1.54) is 21.5 Å². The van der Waals surface area contributed by atoms with Crippen molar-refractivity contribution in [1.29, 1.82) is 0 Å². The molecule has 0 radical (unpaired) electrons. The molecule has 0 saturated heterocycles. The van der Waals surface area contributed by atoms with Crippen molar-refractivity contribution in [3.63, 3.8) is 0 Å². The fourth-order valence-electron chi connectivity index (χ4n) is 5.73. The van der Waals surface area contributed by atoms with Crippen LogP contribution in [-0.4, -0.2) is 35.3 Å². The van der Waals surface area contributed by atoms with Gasteiger partial charge in [0, 0.05) is 48.5 Å². The van der Waals surface area contributed by atoms with E-state index in [9.17, 15) is 13.2 Å². The van der Waals surface area contributed by atoms with E-state index in [4.69, 9.17) is 11.6 Å². The summed E-state index contributed by atoms with van der Waals surface area (Å²) < 4.78 is 31.1. The number of fused-ring (bicyclic) bond motifs is 2. The van der Waals surface area contributed by atoms with Gasteiger partial charge in [0.1, 0.15) is 0 Å². The van der Waals surface area contributed by atoms with Gasteiger partial charge in [-0.3, -0.25) is 4.79 Å². The summed E-state index contributed by atoms with van der Waals surface area (Å²) in [6.45, 7) is 9.92. The van der Waals surface area contributed by atoms with Gasteiger partial charge < -0.3 is 15.2 Å². The van der Waals surface area contributed by atoms with Crippen LogP contribution in [0, 0.1) is 6.92 Å². The highest BCUT2D eigenvalue weighted by Crippen LogP contribution is 2.36. The van der Waals surface area contributed by atoms with E-state index in [1.807, 2.05) is 29.8 Å². The molecular formula is C31H39ClN4O3S. The second-order valence-corrected chi connectivity index (χ2v) is 14.3. The zero-order valence-electron chi connectivity index (χ0n) is 23.7. The lowest BCUT2D eigenvalue weighted by molar-refractivity contribution is -0.123. The minimum absolute atomic E-state index is 0.0401. The molecule has 2 N–H and O–H groups in total. The topological polar surface area (TPSA) is 83.4 Å². The Hall–Kier alpha value is -2.65. The molecule has 1 aliphatic carbocycles. The monoisotopic (exact) mass is 582 g/mol. The first-order chi connectivity index (χ1) is 18.9. The normalized spacial score (nSPS) is 19.6. The number of amides is 1. The Kier molecular flexibility index (Phi) is 8.17. The quantitative estimate of drug-likeness (QED) is 0.376. The van der Waals surface area contributed by atoms with Gasteiger partial charge in [0.25, 0.3) is 0 Å². The number of benzene rings is 2. The van der Waals surface area contributed by atoms with Crippen molar-refractivity contribution in [3.8, 4) is 0 Å². The van der Waals surface area contributed by atoms with Crippen LogP contribution in [0.25, 0.3) is 0 Å². The molecule has 2 aliphatic rings. The van der Waals surface area contributed by atoms with E-state index in [2.05, 4.69) is 49.6 Å². The maximum Gasteiger partial charge on any atom is 0.243 e. The Morgan fingerprint density at radius 3 is 2.65 bits per heavy atom. The molecule has 3 aromatic rings. The molecule has 2 atom stereocenters. The lowest BCUT2D eigenvalue weighted by atomic mass is 9.86. The predicted octanol–water partition coefficient (Wildman–Crippen LogP) is 5.67. The lowest BCUT2D eigenvalue weighted by Crippen LogP contribution is -2.44. The van der Waals surface area contributed by atoms with E-state index >= 15 is 0 Å². The number of nitrogens with zero attached hydrogens (tertiary/aromatic N) is 2. The number of aromatic nitrogens is 1. The number of halogens is 1. The minimum Gasteiger partial charge on any atom is -0.349 e. The van der Waals surface area contributed by atoms with Crippen LogP contribution in [0.3, 0.4) is 0 Å². The van der Waals surface area contributed by atoms with Crippen molar-refractivity contribution in [1.82, 2.24) is 19.5 Å². The maximum atomic E-state index is 13.8. The van der Waals surface area contributed by atoms with Crippen molar-refractivity contribution >= 4 is 27.5 Å². The molecule has 1 amide bonds. The molecular weight excluding hydrogens is 544 g/mol. The molecule has 0 spiro atoms. The van der Waals surface area contributed by atoms with Crippen LogP contribution in [0.1, 0.15) is 80.1 Å². The first kappa shape index (κ1) is 28.9. The van der Waals surface area contributed by atoms with Gasteiger partial charge in [0.15, 0.2) is 0 Å². The molecule has 7 nitrogen and oxygen atoms in total. The molecule has 0 saturated carbocycles. The third-order valence-corrected chi connectivity index (χ3v) is 10.2. The summed E-state index contributed by atoms with van der Waals surface area (Å²) in [6, 6.07) is 14.5. The maximum absolute atomic E-state index is 13.8. The first-order valence-electron chi connectivity index (χ1n) is 14.0. The van der Waals surface area contributed by atoms with Crippen LogP contribution in [0.5, 0.6) is 0 Å². The van der Waals surface area contributed by atoms with Crippen LogP contribution in [0.4, 0.5) is 0 Å². The van der Waals surface area contributed by atoms with Crippen LogP contribution in [0.15, 0.2) is 59.6 Å². The highest BCUT2D eigenvalue weighted by molar-refractivity contribution is 7.89. The van der Waals surface area contributed by atoms with Crippen molar-refractivity contribution in [2.45, 2.75) is 89.0 Å². The van der Waals surface area contributed by atoms with Gasteiger partial charge in [-0.2, -0.15) is 4.31 Å². The number of nitrogens with one attached hydrogen (secondary N) is 2. The summed E-state index contributed by atoms with van der Waals surface area (Å²) in [7, 11) is -3.87. The molecule has 0 bridgehead atoms. The summed E-state index contributed by atoms with van der Waals surface area (Å²) >= 11 is 6.29. The van der Waals surface area contributed by atoms with Crippen LogP contribution in [-0.2, 0) is 34.3 Å². The highest BCUT2D eigenvalue weighted by Gasteiger charge is 2.38. The molecule has 9 heteroatoms. The molecule has 40 heavy (non-hydrogen) atoms. The summed E-state index contributed by atoms with van der Waals surface area (Å²) in [5.41, 5.74) is 5.35. The Labute approximate surface area is 243 Å². The zero-order valence-corrected chi connectivity index (χ0v) is 25.3. The van der Waals surface area contributed by atoms with Crippen LogP contribution >= 0.6 is 11.6 Å². The zero-order chi connectivity index (χ0) is 28.7. The van der Waals surface area contributed by atoms with Gasteiger partial charge in [-0.1, -0.05) is 35.9 Å². The second kappa shape index (κ2) is 11.3. The van der Waals surface area contributed by atoms with E-state index in [-0.39, 0.29) is 35.3 Å². The van der Waals surface area contributed by atoms with Gasteiger partial charge in [0.05, 0.1) is 17.0 Å². The Bertz CT molecular complexity index is 1510. The Morgan fingerprint density at radius 1 is 1.10 bits per heavy atom. The predicted molar refractivity (Wildman–Crippen MR) is 159 cm³/mol. The first-order valence-corrected chi connectivity index (χ1v) is 15.8. The number of hydrogen-bond acceptors (Lipinski definition) is 4. The highest BCUT2D eigenvalue weighted by atomic mass is 35.5. The van der Waals surface area contributed by atoms with Gasteiger partial charge in [-0.05, 0) is 93.5 Å². The molecule has 5 rings (SSSR count). The third-order valence-electron chi connectivity index (χ3n) is 7.92. The molecule has 2 unspecified atom stereocenters. The fraction of sp³-hybridized carbons (Fsp3) is 0.452. The smallest absolute Gasteiger partial charge is 0.243 e. The summed E-state index contributed by atoms with van der Waals surface area (Å²) in [5.74, 6) is -0.155. The van der Waals surface area contributed by atoms with Crippen LogP contribution in [0.2, 0.25) is 5.02 Å². The average molecular weight is 583 g/mol. The SMILES string of the molecule is Cc1ccc(S(=O)(=O)N2CCn3cccc3C2CC(=O)NC2CCCc3cc(CNC(C)(C)C)ccc32)cc1Cl. The molecule has 1 aromatic heterocycles. The lowest BCUT2D eigenvalue weighted by Gasteiger charge is -2.36. The number of hydrogen-bond donors (Lipinski definition) is 2. The molecule has 2 heterocycles. The summed E-state index contributed by atoms with van der Waals surface area (Å²) in [5, 5.41) is 7.19. The van der Waals surface area contributed by atoms with Gasteiger partial charge in [-0.25, -0.2) is 8.42 Å². The van der Waals surface area contributed by atoms with Crippen molar-refractivity contribution in [3.05, 3.63) is 87.7 Å². The number of sulfonamides is 1. The van der Waals surface area contributed by atoms with E-state index in [1.54, 1.807) is 12.1 Å². The van der Waals surface area contributed by atoms with E-state index < -0.39 is 16.1 Å². The van der Waals surface area contributed by atoms with Crippen LogP contribution < -0.4 is 10.6 Å². The van der Waals surface area contributed by atoms with Gasteiger partial charge in [-0.15, -0.1) is 0 Å². The molecule has 1 aliphatic heterocycles. The van der Waals surface area contributed by atoms with Crippen molar-refractivity contribution in [2.24, 2.45) is 0 Å². The standard InChI is InChI=1S/C31H39ClN4O3S/c1-21-10-12-24(18-26(21)32)40(38,39)36-16-15-35-14-6-9-28(35)29(36)19-30(37)34-27-8-5-7-23-17-22(11-13-25(23)27)20-33-31(2,3)4/h6,9-14,17-18,27,29,33H,5,7-8,15-16,19-20H2,1-4H3,(H,34,37). The van der Waals surface area contributed by atoms with E-state index in [0.717, 1.165) is 42.6 Å². The van der Waals surface area contributed by atoms with Gasteiger partial charge in [0.2, 0.25) is 15.9 Å². The molecule has 0 fully saturated rings. The number of carbonyl (C=O) groups excluding carboxylic acids is 1. The number of carbonyl (C=O) groups is 1. The fourth-order valence-corrected chi connectivity index (χ4v) is 7.59. The number of aryl methyl sites for hydroxylation is 2. The second-order valence-electron chi connectivity index (χ2n) is 12.0. The molecule has 214 valence electrons. The van der Waals surface area contributed by atoms with Crippen molar-refractivity contribution in [2.75, 3.05) is 6.54 Å².